The molecular formula is C17H14F3N3O3S3. The largest absolute Gasteiger partial charge is 0.506 e. The number of carbonyl (C=O) groups excluding carboxylic acids is 2. The molecule has 3 rings (SSSR count). The van der Waals surface area contributed by atoms with Gasteiger partial charge < -0.3 is 5.11 Å². The van der Waals surface area contributed by atoms with Gasteiger partial charge in [0.2, 0.25) is 0 Å². The smallest absolute Gasteiger partial charge is 0.433 e. The molecule has 6 nitrogen and oxygen atoms in total. The molecule has 12 heteroatoms. The Kier molecular flexibility index (Phi) is 6.64. The van der Waals surface area contributed by atoms with Crippen LogP contribution < -0.4 is 0 Å². The summed E-state index contributed by atoms with van der Waals surface area (Å²) < 4.78 is 40.6. The predicted octanol–water partition coefficient (Wildman–Crippen LogP) is 4.56. The van der Waals surface area contributed by atoms with Crippen LogP contribution in [0.4, 0.5) is 13.2 Å². The number of alkyl halides is 3. The van der Waals surface area contributed by atoms with Crippen LogP contribution >= 0.6 is 34.9 Å². The standard InChI is InChI=1S/C17H14F3N3O3S3/c1-27-15-22-23-16(29-15)28-7-9-8(5-6-12(21-9)17(18,19)20)14(26)13-10(24)3-2-4-11(13)25/h5-6,26H,2-4,7H2,1H3. The van der Waals surface area contributed by atoms with Crippen molar-refractivity contribution in [1.29, 1.82) is 0 Å². The van der Waals surface area contributed by atoms with Crippen molar-refractivity contribution in [3.8, 4) is 0 Å². The van der Waals surface area contributed by atoms with Crippen molar-refractivity contribution >= 4 is 52.2 Å². The molecule has 0 radical (unpaired) electrons. The molecule has 0 atom stereocenters. The lowest BCUT2D eigenvalue weighted by molar-refractivity contribution is -0.141. The number of thioether (sulfide) groups is 2. The maximum Gasteiger partial charge on any atom is 0.433 e. The van der Waals surface area contributed by atoms with Gasteiger partial charge >= 0.3 is 6.18 Å². The van der Waals surface area contributed by atoms with Gasteiger partial charge in [-0.1, -0.05) is 34.9 Å². The van der Waals surface area contributed by atoms with Gasteiger partial charge in [-0.2, -0.15) is 13.2 Å². The van der Waals surface area contributed by atoms with Crippen molar-refractivity contribution < 1.29 is 27.9 Å². The van der Waals surface area contributed by atoms with Gasteiger partial charge in [-0.05, 0) is 24.8 Å². The van der Waals surface area contributed by atoms with Crippen molar-refractivity contribution in [3.63, 3.8) is 0 Å². The third-order valence-electron chi connectivity index (χ3n) is 4.02. The van der Waals surface area contributed by atoms with E-state index in [0.29, 0.717) is 15.1 Å². The molecule has 1 N–H and O–H groups in total. The molecule has 1 fully saturated rings. The molecule has 1 saturated carbocycles. The molecule has 154 valence electrons. The van der Waals surface area contributed by atoms with Crippen LogP contribution in [-0.2, 0) is 21.5 Å². The molecule has 2 aromatic rings. The van der Waals surface area contributed by atoms with Gasteiger partial charge in [0, 0.05) is 24.2 Å². The van der Waals surface area contributed by atoms with Gasteiger partial charge in [-0.15, -0.1) is 10.2 Å². The Bertz CT molecular complexity index is 971. The first-order chi connectivity index (χ1) is 13.7. The molecule has 1 aliphatic carbocycles. The average molecular weight is 462 g/mol. The summed E-state index contributed by atoms with van der Waals surface area (Å²) in [7, 11) is 0. The van der Waals surface area contributed by atoms with Crippen LogP contribution in [0.25, 0.3) is 5.76 Å². The number of pyridine rings is 1. The summed E-state index contributed by atoms with van der Waals surface area (Å²) in [5.74, 6) is -1.72. The molecule has 0 saturated heterocycles. The van der Waals surface area contributed by atoms with Gasteiger partial charge in [0.15, 0.2) is 20.2 Å². The van der Waals surface area contributed by atoms with Gasteiger partial charge in [0.1, 0.15) is 17.0 Å². The van der Waals surface area contributed by atoms with Gasteiger partial charge in [-0.25, -0.2) is 4.98 Å². The van der Waals surface area contributed by atoms with E-state index >= 15 is 0 Å². The third-order valence-corrected chi connectivity index (χ3v) is 7.06. The quantitative estimate of drug-likeness (QED) is 0.300. The van der Waals surface area contributed by atoms with Crippen LogP contribution in [0.3, 0.4) is 0 Å². The molecule has 1 aliphatic rings. The number of hydrogen-bond acceptors (Lipinski definition) is 9. The van der Waals surface area contributed by atoms with E-state index in [1.54, 1.807) is 0 Å². The van der Waals surface area contributed by atoms with E-state index in [0.717, 1.165) is 23.9 Å². The molecule has 2 heterocycles. The highest BCUT2D eigenvalue weighted by Crippen LogP contribution is 2.35. The van der Waals surface area contributed by atoms with Crippen molar-refractivity contribution in [2.24, 2.45) is 0 Å². The Morgan fingerprint density at radius 1 is 1.17 bits per heavy atom. The van der Waals surface area contributed by atoms with Gasteiger partial charge in [0.25, 0.3) is 0 Å². The number of aliphatic hydroxyl groups is 1. The van der Waals surface area contributed by atoms with Crippen LogP contribution in [0.2, 0.25) is 0 Å². The van der Waals surface area contributed by atoms with Crippen molar-refractivity contribution in [2.75, 3.05) is 6.26 Å². The summed E-state index contributed by atoms with van der Waals surface area (Å²) in [5, 5.41) is 18.4. The van der Waals surface area contributed by atoms with Gasteiger partial charge in [0.05, 0.1) is 5.69 Å². The summed E-state index contributed by atoms with van der Waals surface area (Å²) in [6, 6.07) is 1.76. The first-order valence-corrected chi connectivity index (χ1v) is 11.3. The van der Waals surface area contributed by atoms with Gasteiger partial charge in [-0.3, -0.25) is 9.59 Å². The van der Waals surface area contributed by atoms with Crippen LogP contribution in [0, 0.1) is 0 Å². The third kappa shape index (κ3) is 4.98. The van der Waals surface area contributed by atoms with E-state index in [2.05, 4.69) is 15.2 Å². The Hall–Kier alpha value is -1.92. The number of ketones is 2. The number of carbonyl (C=O) groups is 2. The summed E-state index contributed by atoms with van der Waals surface area (Å²) >= 11 is 3.77. The zero-order valence-electron chi connectivity index (χ0n) is 14.9. The lowest BCUT2D eigenvalue weighted by atomic mass is 9.89. The Morgan fingerprint density at radius 2 is 1.83 bits per heavy atom. The topological polar surface area (TPSA) is 93.0 Å². The second kappa shape index (κ2) is 8.84. The predicted molar refractivity (Wildman–Crippen MR) is 104 cm³/mol. The number of rotatable bonds is 5. The van der Waals surface area contributed by atoms with Crippen molar-refractivity contribution in [2.45, 2.75) is 39.9 Å². The highest BCUT2D eigenvalue weighted by atomic mass is 32.2. The molecular weight excluding hydrogens is 447 g/mol. The second-order valence-electron chi connectivity index (χ2n) is 5.94. The Balaban J connectivity index is 2.01. The van der Waals surface area contributed by atoms with Crippen molar-refractivity contribution in [1.82, 2.24) is 15.2 Å². The van der Waals surface area contributed by atoms with E-state index in [1.807, 2.05) is 6.26 Å². The SMILES string of the molecule is CSc1nnc(SCc2nc(C(F)(F)F)ccc2C(O)=C2C(=O)CCCC2=O)s1. The van der Waals surface area contributed by atoms with E-state index in [4.69, 9.17) is 0 Å². The second-order valence-corrected chi connectivity index (χ2v) is 9.19. The maximum absolute atomic E-state index is 13.1. The number of Topliss-reactive ketones (excluding diaryl/α,β-unsaturated/α-hetero) is 2. The zero-order valence-corrected chi connectivity index (χ0v) is 17.4. The first kappa shape index (κ1) is 21.8. The van der Waals surface area contributed by atoms with E-state index < -0.39 is 29.2 Å². The zero-order chi connectivity index (χ0) is 21.2. The minimum atomic E-state index is -4.67. The molecule has 0 amide bonds. The lowest BCUT2D eigenvalue weighted by Gasteiger charge is -2.16. The summed E-state index contributed by atoms with van der Waals surface area (Å²) in [5.41, 5.74) is -1.66. The molecule has 0 bridgehead atoms. The van der Waals surface area contributed by atoms with Crippen LogP contribution in [0.1, 0.15) is 36.2 Å². The lowest BCUT2D eigenvalue weighted by Crippen LogP contribution is -2.21. The number of aliphatic hydroxyl groups excluding tert-OH is 1. The minimum Gasteiger partial charge on any atom is -0.506 e. The van der Waals surface area contributed by atoms with Crippen LogP contribution in [-0.4, -0.2) is 38.1 Å². The molecule has 29 heavy (non-hydrogen) atoms. The highest BCUT2D eigenvalue weighted by molar-refractivity contribution is 8.02. The fourth-order valence-corrected chi connectivity index (χ4v) is 5.06. The number of halogens is 3. The number of aromatic nitrogens is 3. The first-order valence-electron chi connectivity index (χ1n) is 8.28. The van der Waals surface area contributed by atoms with E-state index in [1.165, 1.54) is 23.1 Å². The Labute approximate surface area is 176 Å². The molecule has 0 unspecified atom stereocenters. The molecule has 0 spiro atoms. The van der Waals surface area contributed by atoms with E-state index in [-0.39, 0.29) is 35.4 Å². The van der Waals surface area contributed by atoms with Crippen LogP contribution in [0.5, 0.6) is 0 Å². The fraction of sp³-hybridized carbons (Fsp3) is 0.353. The normalized spacial score (nSPS) is 15.1. The fourth-order valence-electron chi connectivity index (χ4n) is 2.67. The highest BCUT2D eigenvalue weighted by Gasteiger charge is 2.34. The summed E-state index contributed by atoms with van der Waals surface area (Å²) in [4.78, 5) is 27.9. The maximum atomic E-state index is 13.1. The summed E-state index contributed by atoms with van der Waals surface area (Å²) in [6.07, 6.45) is -2.26. The van der Waals surface area contributed by atoms with Crippen molar-refractivity contribution in [3.05, 3.63) is 34.7 Å². The molecule has 0 aromatic carbocycles. The number of allylic oxidation sites excluding steroid dienone is 1. The molecule has 0 aliphatic heterocycles. The van der Waals surface area contributed by atoms with E-state index in [9.17, 15) is 27.9 Å². The Morgan fingerprint density at radius 3 is 2.41 bits per heavy atom. The monoisotopic (exact) mass is 461 g/mol. The average Bonchev–Trinajstić information content (AvgIpc) is 3.13. The summed E-state index contributed by atoms with van der Waals surface area (Å²) in [6.45, 7) is 0. The molecule has 2 aromatic heterocycles. The number of nitrogens with zero attached hydrogens (tertiary/aromatic N) is 3. The minimum absolute atomic E-state index is 0.0536. The van der Waals surface area contributed by atoms with Crippen LogP contribution in [0.15, 0.2) is 26.4 Å². The number of hydrogen-bond donors (Lipinski definition) is 1.